The van der Waals surface area contributed by atoms with Crippen molar-refractivity contribution in [3.63, 3.8) is 0 Å². The molecule has 4 nitrogen and oxygen atoms in total. The molecule has 0 saturated heterocycles. The smallest absolute Gasteiger partial charge is 0.139 e. The number of rotatable bonds is 5. The molecule has 0 aliphatic heterocycles. The summed E-state index contributed by atoms with van der Waals surface area (Å²) in [6.45, 7) is 2.74. The number of aliphatic hydroxyl groups is 1. The molecule has 0 aromatic carbocycles. The largest absolute Gasteiger partial charge is 0.396 e. The van der Waals surface area contributed by atoms with Gasteiger partial charge in [-0.25, -0.2) is 0 Å². The summed E-state index contributed by atoms with van der Waals surface area (Å²) >= 11 is 0. The summed E-state index contributed by atoms with van der Waals surface area (Å²) in [5.41, 5.74) is 0.880. The highest BCUT2D eigenvalue weighted by Gasteiger charge is 2.10. The van der Waals surface area contributed by atoms with Crippen LogP contribution in [0.25, 0.3) is 0 Å². The van der Waals surface area contributed by atoms with E-state index in [4.69, 9.17) is 14.4 Å². The molecule has 0 spiro atoms. The Kier molecular flexibility index (Phi) is 3.92. The molecule has 13 heavy (non-hydrogen) atoms. The molecule has 1 aromatic heterocycles. The molecule has 1 atom stereocenters. The quantitative estimate of drug-likeness (QED) is 0.742. The lowest BCUT2D eigenvalue weighted by molar-refractivity contribution is 0.181. The highest BCUT2D eigenvalue weighted by molar-refractivity contribution is 5.09. The van der Waals surface area contributed by atoms with E-state index in [1.54, 1.807) is 7.11 Å². The first-order chi connectivity index (χ1) is 6.27. The zero-order valence-corrected chi connectivity index (χ0v) is 7.99. The predicted octanol–water partition coefficient (Wildman–Crippen LogP) is 0.959. The monoisotopic (exact) mass is 185 g/mol. The number of aliphatic hydroxyl groups excluding tert-OH is 1. The summed E-state index contributed by atoms with van der Waals surface area (Å²) in [6, 6.07) is 1.86. The Balaban J connectivity index is 2.56. The molecule has 1 rings (SSSR count). The van der Waals surface area contributed by atoms with Gasteiger partial charge in [0.15, 0.2) is 0 Å². The maximum atomic E-state index is 8.66. The zero-order chi connectivity index (χ0) is 9.68. The minimum Gasteiger partial charge on any atom is -0.396 e. The molecule has 4 heteroatoms. The maximum Gasteiger partial charge on any atom is 0.139 e. The van der Waals surface area contributed by atoms with Crippen molar-refractivity contribution in [2.75, 3.05) is 20.3 Å². The average Bonchev–Trinajstić information content (AvgIpc) is 2.54. The molecule has 0 bridgehead atoms. The highest BCUT2D eigenvalue weighted by atomic mass is 16.5. The van der Waals surface area contributed by atoms with Gasteiger partial charge >= 0.3 is 0 Å². The van der Waals surface area contributed by atoms with Crippen LogP contribution in [-0.2, 0) is 11.2 Å². The number of ether oxygens (including phenoxy) is 1. The van der Waals surface area contributed by atoms with E-state index in [9.17, 15) is 0 Å². The standard InChI is InChI=1S/C9H15NO3/c1-7(6-12-2)9-5-8(3-4-11)13-10-9/h5,7,11H,3-4,6H2,1-2H3. The summed E-state index contributed by atoms with van der Waals surface area (Å²) < 4.78 is 10.0. The molecular weight excluding hydrogens is 170 g/mol. The second kappa shape index (κ2) is 4.99. The van der Waals surface area contributed by atoms with Crippen molar-refractivity contribution in [1.29, 1.82) is 0 Å². The van der Waals surface area contributed by atoms with E-state index >= 15 is 0 Å². The fourth-order valence-corrected chi connectivity index (χ4v) is 1.12. The summed E-state index contributed by atoms with van der Waals surface area (Å²) in [4.78, 5) is 0. The third-order valence-corrected chi connectivity index (χ3v) is 1.86. The Bertz CT molecular complexity index is 247. The van der Waals surface area contributed by atoms with Crippen molar-refractivity contribution in [3.05, 3.63) is 17.5 Å². The first-order valence-corrected chi connectivity index (χ1v) is 4.33. The van der Waals surface area contributed by atoms with Crippen LogP contribution in [0.4, 0.5) is 0 Å². The Morgan fingerprint density at radius 3 is 3.08 bits per heavy atom. The van der Waals surface area contributed by atoms with Gasteiger partial charge in [-0.3, -0.25) is 0 Å². The number of hydrogen-bond donors (Lipinski definition) is 1. The minimum atomic E-state index is 0.0906. The first kappa shape index (κ1) is 10.2. The van der Waals surface area contributed by atoms with Gasteiger partial charge in [0, 0.05) is 25.5 Å². The van der Waals surface area contributed by atoms with Crippen LogP contribution in [0.1, 0.15) is 24.3 Å². The first-order valence-electron chi connectivity index (χ1n) is 4.33. The van der Waals surface area contributed by atoms with Gasteiger partial charge < -0.3 is 14.4 Å². The molecule has 1 aromatic rings. The average molecular weight is 185 g/mol. The summed E-state index contributed by atoms with van der Waals surface area (Å²) in [7, 11) is 1.66. The van der Waals surface area contributed by atoms with Crippen LogP contribution in [0.3, 0.4) is 0 Å². The van der Waals surface area contributed by atoms with Gasteiger partial charge in [-0.15, -0.1) is 0 Å². The fraction of sp³-hybridized carbons (Fsp3) is 0.667. The lowest BCUT2D eigenvalue weighted by atomic mass is 10.1. The van der Waals surface area contributed by atoms with Crippen LogP contribution >= 0.6 is 0 Å². The number of aromatic nitrogens is 1. The molecule has 0 fully saturated rings. The molecule has 0 aliphatic rings. The normalized spacial score (nSPS) is 13.2. The van der Waals surface area contributed by atoms with Crippen molar-refractivity contribution in [2.24, 2.45) is 0 Å². The van der Waals surface area contributed by atoms with Gasteiger partial charge in [0.25, 0.3) is 0 Å². The van der Waals surface area contributed by atoms with E-state index < -0.39 is 0 Å². The van der Waals surface area contributed by atoms with Crippen LogP contribution in [0, 0.1) is 0 Å². The number of methoxy groups -OCH3 is 1. The molecule has 0 radical (unpaired) electrons. The van der Waals surface area contributed by atoms with Crippen molar-refractivity contribution < 1.29 is 14.4 Å². The summed E-state index contributed by atoms with van der Waals surface area (Å²) in [6.07, 6.45) is 0.521. The van der Waals surface area contributed by atoms with E-state index in [1.165, 1.54) is 0 Å². The van der Waals surface area contributed by atoms with Crippen molar-refractivity contribution in [2.45, 2.75) is 19.3 Å². The molecule has 0 aliphatic carbocycles. The third kappa shape index (κ3) is 2.82. The summed E-state index contributed by atoms with van der Waals surface area (Å²) in [5.74, 6) is 0.960. The van der Waals surface area contributed by atoms with Gasteiger partial charge in [0.1, 0.15) is 5.76 Å². The maximum absolute atomic E-state index is 8.66. The van der Waals surface area contributed by atoms with E-state index in [0.29, 0.717) is 13.0 Å². The van der Waals surface area contributed by atoms with Gasteiger partial charge in [-0.2, -0.15) is 0 Å². The lowest BCUT2D eigenvalue weighted by Gasteiger charge is -2.03. The lowest BCUT2D eigenvalue weighted by Crippen LogP contribution is -2.01. The molecule has 0 saturated carbocycles. The Labute approximate surface area is 77.5 Å². The van der Waals surface area contributed by atoms with Crippen molar-refractivity contribution in [1.82, 2.24) is 5.16 Å². The topological polar surface area (TPSA) is 55.5 Å². The van der Waals surface area contributed by atoms with Crippen LogP contribution in [0.5, 0.6) is 0 Å². The van der Waals surface area contributed by atoms with E-state index in [-0.39, 0.29) is 12.5 Å². The SMILES string of the molecule is COCC(C)c1cc(CCO)on1. The number of nitrogens with zero attached hydrogens (tertiary/aromatic N) is 1. The fourth-order valence-electron chi connectivity index (χ4n) is 1.12. The molecule has 1 unspecified atom stereocenters. The third-order valence-electron chi connectivity index (χ3n) is 1.86. The van der Waals surface area contributed by atoms with Crippen LogP contribution in [-0.4, -0.2) is 30.6 Å². The molecule has 1 N–H and O–H groups in total. The van der Waals surface area contributed by atoms with E-state index in [1.807, 2.05) is 13.0 Å². The minimum absolute atomic E-state index is 0.0906. The molecule has 0 amide bonds. The predicted molar refractivity (Wildman–Crippen MR) is 47.6 cm³/mol. The summed E-state index contributed by atoms with van der Waals surface area (Å²) in [5, 5.41) is 12.5. The molecule has 74 valence electrons. The van der Waals surface area contributed by atoms with Gasteiger partial charge in [0.2, 0.25) is 0 Å². The molecular formula is C9H15NO3. The second-order valence-corrected chi connectivity index (χ2v) is 3.05. The Morgan fingerprint density at radius 2 is 2.46 bits per heavy atom. The Hall–Kier alpha value is -0.870. The number of hydrogen-bond acceptors (Lipinski definition) is 4. The zero-order valence-electron chi connectivity index (χ0n) is 7.99. The highest BCUT2D eigenvalue weighted by Crippen LogP contribution is 2.15. The second-order valence-electron chi connectivity index (χ2n) is 3.05. The van der Waals surface area contributed by atoms with Crippen LogP contribution < -0.4 is 0 Å². The van der Waals surface area contributed by atoms with Gasteiger partial charge in [0.05, 0.1) is 18.9 Å². The van der Waals surface area contributed by atoms with Crippen molar-refractivity contribution in [3.8, 4) is 0 Å². The van der Waals surface area contributed by atoms with Crippen molar-refractivity contribution >= 4 is 0 Å². The van der Waals surface area contributed by atoms with Gasteiger partial charge in [-0.1, -0.05) is 12.1 Å². The Morgan fingerprint density at radius 1 is 1.69 bits per heavy atom. The van der Waals surface area contributed by atoms with Crippen LogP contribution in [0.15, 0.2) is 10.6 Å². The van der Waals surface area contributed by atoms with Gasteiger partial charge in [-0.05, 0) is 0 Å². The van der Waals surface area contributed by atoms with Crippen LogP contribution in [0.2, 0.25) is 0 Å². The van der Waals surface area contributed by atoms with E-state index in [2.05, 4.69) is 5.16 Å². The molecule has 1 heterocycles. The van der Waals surface area contributed by atoms with E-state index in [0.717, 1.165) is 11.5 Å².